The van der Waals surface area contributed by atoms with Crippen molar-refractivity contribution < 1.29 is 19.1 Å². The van der Waals surface area contributed by atoms with E-state index in [2.05, 4.69) is 5.32 Å². The highest BCUT2D eigenvalue weighted by Gasteiger charge is 2.27. The van der Waals surface area contributed by atoms with Crippen molar-refractivity contribution >= 4 is 35.0 Å². The Kier molecular flexibility index (Phi) is 8.26. The fourth-order valence-electron chi connectivity index (χ4n) is 3.37. The standard InChI is InChI=1S/C24H28Cl2N2O4/c1-4-15(2)27-24(30)16(3)28(13-18-7-8-19(25)12-20(18)26)23(29)10-6-17-5-9-21-22(11-17)32-14-31-21/h5,7-9,11-12,15-16H,4,6,10,13-14H2,1-3H3,(H,27,30)/t15-,16-/m1/s1. The van der Waals surface area contributed by atoms with Crippen LogP contribution in [0, 0.1) is 0 Å². The van der Waals surface area contributed by atoms with Gasteiger partial charge >= 0.3 is 0 Å². The average molecular weight is 479 g/mol. The molecule has 6 nitrogen and oxygen atoms in total. The van der Waals surface area contributed by atoms with E-state index >= 15 is 0 Å². The summed E-state index contributed by atoms with van der Waals surface area (Å²) in [5.74, 6) is 1.05. The van der Waals surface area contributed by atoms with Gasteiger partial charge in [0.1, 0.15) is 6.04 Å². The quantitative estimate of drug-likeness (QED) is 0.551. The summed E-state index contributed by atoms with van der Waals surface area (Å²) in [5.41, 5.74) is 1.69. The molecule has 2 aromatic rings. The number of aryl methyl sites for hydroxylation is 1. The van der Waals surface area contributed by atoms with E-state index in [0.29, 0.717) is 28.0 Å². The van der Waals surface area contributed by atoms with Crippen molar-refractivity contribution in [2.75, 3.05) is 6.79 Å². The number of amides is 2. The molecule has 0 saturated heterocycles. The van der Waals surface area contributed by atoms with Gasteiger partial charge in [0.2, 0.25) is 18.6 Å². The summed E-state index contributed by atoms with van der Waals surface area (Å²) in [5, 5.41) is 3.93. The van der Waals surface area contributed by atoms with Gasteiger partial charge in [0.15, 0.2) is 11.5 Å². The molecule has 2 amide bonds. The molecule has 2 aromatic carbocycles. The molecule has 8 heteroatoms. The molecule has 0 spiro atoms. The van der Waals surface area contributed by atoms with Gasteiger partial charge in [-0.3, -0.25) is 9.59 Å². The molecule has 32 heavy (non-hydrogen) atoms. The molecule has 172 valence electrons. The molecule has 0 fully saturated rings. The van der Waals surface area contributed by atoms with E-state index in [9.17, 15) is 9.59 Å². The van der Waals surface area contributed by atoms with Crippen LogP contribution in [0.2, 0.25) is 10.0 Å². The van der Waals surface area contributed by atoms with Crippen LogP contribution in [0.1, 0.15) is 44.7 Å². The summed E-state index contributed by atoms with van der Waals surface area (Å²) in [6.07, 6.45) is 1.56. The number of nitrogens with one attached hydrogen (secondary N) is 1. The van der Waals surface area contributed by atoms with Gasteiger partial charge in [-0.1, -0.05) is 42.3 Å². The van der Waals surface area contributed by atoms with E-state index < -0.39 is 6.04 Å². The third kappa shape index (κ3) is 6.08. The fourth-order valence-corrected chi connectivity index (χ4v) is 3.84. The molecule has 2 atom stereocenters. The molecule has 0 radical (unpaired) electrons. The molecule has 1 heterocycles. The molecule has 0 aliphatic carbocycles. The third-order valence-electron chi connectivity index (χ3n) is 5.59. The Hall–Kier alpha value is -2.44. The minimum Gasteiger partial charge on any atom is -0.454 e. The Labute approximate surface area is 198 Å². The second-order valence-electron chi connectivity index (χ2n) is 7.94. The van der Waals surface area contributed by atoms with E-state index in [4.69, 9.17) is 32.7 Å². The highest BCUT2D eigenvalue weighted by Crippen LogP contribution is 2.33. The van der Waals surface area contributed by atoms with Crippen LogP contribution in [0.4, 0.5) is 0 Å². The van der Waals surface area contributed by atoms with Crippen molar-refractivity contribution in [3.05, 3.63) is 57.6 Å². The minimum absolute atomic E-state index is 0.0228. The van der Waals surface area contributed by atoms with Crippen LogP contribution >= 0.6 is 23.2 Å². The number of rotatable bonds is 9. The number of benzene rings is 2. The number of ether oxygens (including phenoxy) is 2. The lowest BCUT2D eigenvalue weighted by molar-refractivity contribution is -0.140. The third-order valence-corrected chi connectivity index (χ3v) is 6.18. The predicted molar refractivity (Wildman–Crippen MR) is 125 cm³/mol. The van der Waals surface area contributed by atoms with Gasteiger partial charge < -0.3 is 19.7 Å². The van der Waals surface area contributed by atoms with E-state index in [1.54, 1.807) is 30.0 Å². The first-order chi connectivity index (χ1) is 15.3. The van der Waals surface area contributed by atoms with E-state index in [1.807, 2.05) is 32.0 Å². The molecule has 1 N–H and O–H groups in total. The van der Waals surface area contributed by atoms with Crippen LogP contribution in [0.25, 0.3) is 0 Å². The minimum atomic E-state index is -0.653. The number of fused-ring (bicyclic) bond motifs is 1. The molecule has 0 saturated carbocycles. The SMILES string of the molecule is CC[C@@H](C)NC(=O)[C@@H](C)N(Cc1ccc(Cl)cc1Cl)C(=O)CCc1ccc2c(c1)OCO2. The number of nitrogens with zero attached hydrogens (tertiary/aromatic N) is 1. The van der Waals surface area contributed by atoms with Gasteiger partial charge in [0.25, 0.3) is 0 Å². The fraction of sp³-hybridized carbons (Fsp3) is 0.417. The maximum absolute atomic E-state index is 13.3. The molecular formula is C24H28Cl2N2O4. The normalized spacial score (nSPS) is 14.0. The summed E-state index contributed by atoms with van der Waals surface area (Å²) in [6, 6.07) is 10.2. The second kappa shape index (κ2) is 10.9. The van der Waals surface area contributed by atoms with Gasteiger partial charge in [-0.15, -0.1) is 0 Å². The van der Waals surface area contributed by atoms with Crippen molar-refractivity contribution in [1.82, 2.24) is 10.2 Å². The lowest BCUT2D eigenvalue weighted by Gasteiger charge is -2.30. The number of carbonyl (C=O) groups excluding carboxylic acids is 2. The summed E-state index contributed by atoms with van der Waals surface area (Å²) in [6.45, 7) is 6.09. The predicted octanol–water partition coefficient (Wildman–Crippen LogP) is 4.99. The van der Waals surface area contributed by atoms with Gasteiger partial charge in [-0.25, -0.2) is 0 Å². The van der Waals surface area contributed by atoms with Crippen LogP contribution < -0.4 is 14.8 Å². The molecule has 3 rings (SSSR count). The van der Waals surface area contributed by atoms with Crippen molar-refractivity contribution in [2.24, 2.45) is 0 Å². The van der Waals surface area contributed by atoms with Crippen LogP contribution in [0.3, 0.4) is 0 Å². The van der Waals surface area contributed by atoms with Crippen molar-refractivity contribution in [3.8, 4) is 11.5 Å². The summed E-state index contributed by atoms with van der Waals surface area (Å²) in [7, 11) is 0. The van der Waals surface area contributed by atoms with Gasteiger partial charge in [0, 0.05) is 29.1 Å². The smallest absolute Gasteiger partial charge is 0.242 e. The first kappa shape index (κ1) is 24.2. The molecule has 1 aliphatic rings. The summed E-state index contributed by atoms with van der Waals surface area (Å²) < 4.78 is 10.8. The van der Waals surface area contributed by atoms with Crippen LogP contribution in [0.15, 0.2) is 36.4 Å². The zero-order valence-electron chi connectivity index (χ0n) is 18.5. The van der Waals surface area contributed by atoms with E-state index in [0.717, 1.165) is 17.5 Å². The molecule has 0 unspecified atom stereocenters. The van der Waals surface area contributed by atoms with Crippen molar-refractivity contribution in [1.29, 1.82) is 0 Å². The highest BCUT2D eigenvalue weighted by atomic mass is 35.5. The molecule has 0 aromatic heterocycles. The zero-order chi connectivity index (χ0) is 23.3. The maximum atomic E-state index is 13.3. The zero-order valence-corrected chi connectivity index (χ0v) is 20.0. The second-order valence-corrected chi connectivity index (χ2v) is 8.78. The summed E-state index contributed by atoms with van der Waals surface area (Å²) in [4.78, 5) is 27.6. The Morgan fingerprint density at radius 1 is 1.09 bits per heavy atom. The van der Waals surface area contributed by atoms with Crippen LogP contribution in [-0.4, -0.2) is 35.6 Å². The van der Waals surface area contributed by atoms with Crippen molar-refractivity contribution in [2.45, 2.75) is 58.7 Å². The number of halogens is 2. The maximum Gasteiger partial charge on any atom is 0.242 e. The number of carbonyl (C=O) groups is 2. The highest BCUT2D eigenvalue weighted by molar-refractivity contribution is 6.35. The Balaban J connectivity index is 1.75. The topological polar surface area (TPSA) is 67.9 Å². The van der Waals surface area contributed by atoms with E-state index in [1.165, 1.54) is 0 Å². The molecule has 0 bridgehead atoms. The van der Waals surface area contributed by atoms with Crippen LogP contribution in [-0.2, 0) is 22.6 Å². The number of hydrogen-bond donors (Lipinski definition) is 1. The lowest BCUT2D eigenvalue weighted by atomic mass is 10.1. The summed E-state index contributed by atoms with van der Waals surface area (Å²) >= 11 is 12.4. The van der Waals surface area contributed by atoms with Crippen LogP contribution in [0.5, 0.6) is 11.5 Å². The number of hydrogen-bond acceptors (Lipinski definition) is 4. The van der Waals surface area contributed by atoms with E-state index in [-0.39, 0.29) is 37.6 Å². The first-order valence-corrected chi connectivity index (χ1v) is 11.5. The molecular weight excluding hydrogens is 451 g/mol. The lowest BCUT2D eigenvalue weighted by Crippen LogP contribution is -2.49. The average Bonchev–Trinajstić information content (AvgIpc) is 3.24. The Bertz CT molecular complexity index is 982. The first-order valence-electron chi connectivity index (χ1n) is 10.7. The van der Waals surface area contributed by atoms with Crippen molar-refractivity contribution in [3.63, 3.8) is 0 Å². The monoisotopic (exact) mass is 478 g/mol. The Morgan fingerprint density at radius 3 is 2.56 bits per heavy atom. The Morgan fingerprint density at radius 2 is 1.84 bits per heavy atom. The van der Waals surface area contributed by atoms with Gasteiger partial charge in [0.05, 0.1) is 0 Å². The van der Waals surface area contributed by atoms with Gasteiger partial charge in [-0.2, -0.15) is 0 Å². The molecule has 1 aliphatic heterocycles. The largest absolute Gasteiger partial charge is 0.454 e. The van der Waals surface area contributed by atoms with Gasteiger partial charge in [-0.05, 0) is 62.1 Å².